The molecule has 0 saturated heterocycles. The summed E-state index contributed by atoms with van der Waals surface area (Å²) in [6.07, 6.45) is 0. The second kappa shape index (κ2) is 8.11. The molecule has 0 spiro atoms. The van der Waals surface area contributed by atoms with E-state index in [1.165, 1.54) is 0 Å². The molecule has 7 nitrogen and oxygen atoms in total. The highest BCUT2D eigenvalue weighted by atomic mass is 15.3. The lowest BCUT2D eigenvalue weighted by Gasteiger charge is -2.36. The van der Waals surface area contributed by atoms with Gasteiger partial charge < -0.3 is 15.0 Å². The van der Waals surface area contributed by atoms with Crippen molar-refractivity contribution in [3.05, 3.63) is 90.3 Å². The topological polar surface area (TPSA) is 89.3 Å². The van der Waals surface area contributed by atoms with Crippen LogP contribution in [0.1, 0.15) is 56.4 Å². The number of aromatic amines is 3. The van der Waals surface area contributed by atoms with E-state index in [4.69, 9.17) is 15.0 Å². The first-order valence-corrected chi connectivity index (χ1v) is 11.7. The Balaban J connectivity index is 1.44. The van der Waals surface area contributed by atoms with Gasteiger partial charge in [0.25, 0.3) is 0 Å². The maximum Gasteiger partial charge on any atom is 0.124 e. The summed E-state index contributed by atoms with van der Waals surface area (Å²) in [7, 11) is 0. The fourth-order valence-corrected chi connectivity index (χ4v) is 4.94. The van der Waals surface area contributed by atoms with Crippen molar-refractivity contribution in [3.8, 4) is 0 Å². The van der Waals surface area contributed by atoms with Crippen LogP contribution in [0.2, 0.25) is 0 Å². The molecule has 3 atom stereocenters. The third-order valence-corrected chi connectivity index (χ3v) is 6.75. The number of hydrogen-bond acceptors (Lipinski definition) is 4. The Morgan fingerprint density at radius 1 is 0.500 bits per heavy atom. The molecule has 7 heteroatoms. The molecule has 0 amide bonds. The van der Waals surface area contributed by atoms with Gasteiger partial charge in [-0.05, 0) is 57.2 Å². The molecule has 6 rings (SSSR count). The average molecular weight is 450 g/mol. The quantitative estimate of drug-likeness (QED) is 0.282. The highest BCUT2D eigenvalue weighted by molar-refractivity contribution is 5.76. The third kappa shape index (κ3) is 3.45. The number of benzene rings is 3. The monoisotopic (exact) mass is 449 g/mol. The zero-order chi connectivity index (χ0) is 23.2. The van der Waals surface area contributed by atoms with E-state index < -0.39 is 0 Å². The van der Waals surface area contributed by atoms with Crippen LogP contribution in [0.3, 0.4) is 0 Å². The largest absolute Gasteiger partial charge is 0.341 e. The van der Waals surface area contributed by atoms with Crippen molar-refractivity contribution < 1.29 is 0 Å². The fourth-order valence-electron chi connectivity index (χ4n) is 4.94. The van der Waals surface area contributed by atoms with Crippen LogP contribution in [-0.4, -0.2) is 34.8 Å². The molecule has 3 heterocycles. The molecule has 3 aromatic heterocycles. The first-order valence-electron chi connectivity index (χ1n) is 11.7. The molecule has 0 aliphatic rings. The van der Waals surface area contributed by atoms with Crippen molar-refractivity contribution in [3.63, 3.8) is 0 Å². The van der Waals surface area contributed by atoms with E-state index in [0.717, 1.165) is 50.6 Å². The van der Waals surface area contributed by atoms with Gasteiger partial charge in [-0.15, -0.1) is 0 Å². The smallest absolute Gasteiger partial charge is 0.124 e. The second-order valence-electron chi connectivity index (χ2n) is 8.89. The van der Waals surface area contributed by atoms with Gasteiger partial charge in [0.15, 0.2) is 0 Å². The number of hydrogen-bond donors (Lipinski definition) is 3. The first-order chi connectivity index (χ1) is 16.6. The lowest BCUT2D eigenvalue weighted by Crippen LogP contribution is -2.34. The second-order valence-corrected chi connectivity index (χ2v) is 8.89. The number of aromatic nitrogens is 6. The number of imidazole rings is 3. The van der Waals surface area contributed by atoms with Crippen LogP contribution in [0.5, 0.6) is 0 Å². The van der Waals surface area contributed by atoms with Crippen LogP contribution in [0.15, 0.2) is 72.8 Å². The van der Waals surface area contributed by atoms with E-state index in [-0.39, 0.29) is 18.1 Å². The molecule has 6 aromatic rings. The summed E-state index contributed by atoms with van der Waals surface area (Å²) in [4.78, 5) is 27.7. The van der Waals surface area contributed by atoms with Crippen molar-refractivity contribution >= 4 is 33.1 Å². The molecule has 3 N–H and O–H groups in total. The third-order valence-electron chi connectivity index (χ3n) is 6.75. The van der Waals surface area contributed by atoms with Gasteiger partial charge in [-0.3, -0.25) is 4.90 Å². The summed E-state index contributed by atoms with van der Waals surface area (Å²) in [6, 6.07) is 24.4. The van der Waals surface area contributed by atoms with Gasteiger partial charge in [-0.25, -0.2) is 15.0 Å². The molecular formula is C27H27N7. The van der Waals surface area contributed by atoms with E-state index in [0.29, 0.717) is 0 Å². The molecule has 3 unspecified atom stereocenters. The maximum atomic E-state index is 4.91. The van der Waals surface area contributed by atoms with Crippen LogP contribution in [0, 0.1) is 0 Å². The standard InChI is InChI=1S/C27H27N7/c1-16(25-28-19-10-4-5-11-20(19)29-25)34(17(2)26-30-21-12-6-7-13-22(21)31-26)18(3)27-32-23-14-8-9-15-24(23)33-27/h4-18H,1-3H3,(H,28,29)(H,30,31)(H,32,33). The molecule has 3 aromatic carbocycles. The minimum absolute atomic E-state index is 0.0150. The Labute approximate surface area is 197 Å². The Morgan fingerprint density at radius 3 is 1.09 bits per heavy atom. The van der Waals surface area contributed by atoms with Gasteiger partial charge in [-0.2, -0.15) is 0 Å². The molecule has 0 fully saturated rings. The summed E-state index contributed by atoms with van der Waals surface area (Å²) in [5, 5.41) is 0. The molecule has 170 valence electrons. The van der Waals surface area contributed by atoms with Gasteiger partial charge in [-0.1, -0.05) is 36.4 Å². The number of nitrogens with zero attached hydrogens (tertiary/aromatic N) is 4. The highest BCUT2D eigenvalue weighted by Gasteiger charge is 2.33. The van der Waals surface area contributed by atoms with Gasteiger partial charge in [0, 0.05) is 0 Å². The van der Waals surface area contributed by atoms with Crippen LogP contribution in [-0.2, 0) is 0 Å². The van der Waals surface area contributed by atoms with Crippen molar-refractivity contribution in [1.29, 1.82) is 0 Å². The summed E-state index contributed by atoms with van der Waals surface area (Å²) >= 11 is 0. The average Bonchev–Trinajstić information content (AvgIpc) is 3.59. The predicted octanol–water partition coefficient (Wildman–Crippen LogP) is 6.20. The molecule has 0 radical (unpaired) electrons. The van der Waals surface area contributed by atoms with Crippen LogP contribution in [0.25, 0.3) is 33.1 Å². The van der Waals surface area contributed by atoms with Crippen molar-refractivity contribution in [2.45, 2.75) is 38.9 Å². The normalized spacial score (nSPS) is 14.8. The number of fused-ring (bicyclic) bond motifs is 3. The van der Waals surface area contributed by atoms with E-state index in [2.05, 4.69) is 58.8 Å². The summed E-state index contributed by atoms with van der Waals surface area (Å²) < 4.78 is 0. The molecular weight excluding hydrogens is 422 g/mol. The number of H-pyrrole nitrogens is 3. The van der Waals surface area contributed by atoms with Crippen molar-refractivity contribution in [2.75, 3.05) is 0 Å². The van der Waals surface area contributed by atoms with Crippen LogP contribution >= 0.6 is 0 Å². The fraction of sp³-hybridized carbons (Fsp3) is 0.222. The number of para-hydroxylation sites is 6. The SMILES string of the molecule is CC(c1nc2ccccc2[nH]1)N(C(C)c1nc2ccccc2[nH]1)C(C)c1nc2ccccc2[nH]1. The Bertz CT molecular complexity index is 1300. The van der Waals surface area contributed by atoms with E-state index in [1.54, 1.807) is 0 Å². The molecule has 0 aliphatic heterocycles. The zero-order valence-electron chi connectivity index (χ0n) is 19.4. The van der Waals surface area contributed by atoms with Gasteiger partial charge >= 0.3 is 0 Å². The van der Waals surface area contributed by atoms with E-state index in [9.17, 15) is 0 Å². The zero-order valence-corrected chi connectivity index (χ0v) is 19.4. The van der Waals surface area contributed by atoms with Crippen molar-refractivity contribution in [2.24, 2.45) is 0 Å². The predicted molar refractivity (Wildman–Crippen MR) is 135 cm³/mol. The molecule has 0 aliphatic carbocycles. The number of nitrogens with one attached hydrogen (secondary N) is 3. The van der Waals surface area contributed by atoms with Gasteiger partial charge in [0.05, 0.1) is 51.2 Å². The van der Waals surface area contributed by atoms with Gasteiger partial charge in [0.2, 0.25) is 0 Å². The maximum absolute atomic E-state index is 4.91. The van der Waals surface area contributed by atoms with E-state index in [1.807, 2.05) is 54.6 Å². The Hall–Kier alpha value is -3.97. The summed E-state index contributed by atoms with van der Waals surface area (Å²) in [5.41, 5.74) is 6.03. The minimum atomic E-state index is -0.0150. The van der Waals surface area contributed by atoms with E-state index >= 15 is 0 Å². The lowest BCUT2D eigenvalue weighted by molar-refractivity contribution is 0.0903. The Morgan fingerprint density at radius 2 is 0.794 bits per heavy atom. The highest BCUT2D eigenvalue weighted by Crippen LogP contribution is 2.37. The molecule has 0 bridgehead atoms. The molecule has 34 heavy (non-hydrogen) atoms. The molecule has 0 saturated carbocycles. The van der Waals surface area contributed by atoms with Gasteiger partial charge in [0.1, 0.15) is 17.5 Å². The summed E-state index contributed by atoms with van der Waals surface area (Å²) in [6.45, 7) is 6.57. The van der Waals surface area contributed by atoms with Crippen molar-refractivity contribution in [1.82, 2.24) is 34.8 Å². The summed E-state index contributed by atoms with van der Waals surface area (Å²) in [5.74, 6) is 2.77. The first kappa shape index (κ1) is 20.6. The minimum Gasteiger partial charge on any atom is -0.341 e. The van der Waals surface area contributed by atoms with Crippen LogP contribution in [0.4, 0.5) is 0 Å². The van der Waals surface area contributed by atoms with Crippen LogP contribution < -0.4 is 0 Å². The Kier molecular flexibility index (Phi) is 4.92. The number of rotatable bonds is 6. The lowest BCUT2D eigenvalue weighted by atomic mass is 10.1.